The second kappa shape index (κ2) is 23.1. The second-order valence-corrected chi connectivity index (χ2v) is 20.2. The van der Waals surface area contributed by atoms with Crippen LogP contribution in [0.1, 0.15) is 107 Å². The number of ether oxygens (including phenoxy) is 4. The molecule has 0 saturated carbocycles. The van der Waals surface area contributed by atoms with Crippen molar-refractivity contribution in [3.8, 4) is 5.75 Å². The van der Waals surface area contributed by atoms with E-state index in [0.717, 1.165) is 17.7 Å². The number of alkyl carbamates (subject to hydrolysis) is 1. The number of benzene rings is 2. The maximum Gasteiger partial charge on any atom is 0.408 e. The number of hydrogen-bond acceptors (Lipinski definition) is 12. The number of sulfone groups is 1. The summed E-state index contributed by atoms with van der Waals surface area (Å²) >= 11 is 0. The molecule has 2 aromatic rings. The number of nitrogens with one attached hydrogen (secondary N) is 4. The van der Waals surface area contributed by atoms with Crippen molar-refractivity contribution >= 4 is 45.6 Å². The van der Waals surface area contributed by atoms with Gasteiger partial charge in [-0.3, -0.25) is 24.0 Å². The molecule has 0 saturated heterocycles. The van der Waals surface area contributed by atoms with E-state index in [2.05, 4.69) is 21.3 Å². The minimum atomic E-state index is -3.66. The Labute approximate surface area is 366 Å². The predicted octanol–water partition coefficient (Wildman–Crippen LogP) is 5.22. The van der Waals surface area contributed by atoms with E-state index < -0.39 is 98.9 Å². The SMILES string of the molecule is CC(C)[C@H](NC(=O)[C@H](CCC(=O)OC(C)(C)C)NC(=O)[C@H](Cc1ccc(OC(C)(C)C)cc1)NC(=O)OCc1ccccc1)C(=O)N[C@H](/C=C/S(C)(=O)=O)CC(=O)OC(C)(C)C. The molecule has 17 heteroatoms. The van der Waals surface area contributed by atoms with E-state index in [1.807, 2.05) is 26.8 Å². The summed E-state index contributed by atoms with van der Waals surface area (Å²) in [6, 6.07) is 10.7. The van der Waals surface area contributed by atoms with Crippen molar-refractivity contribution < 1.29 is 56.1 Å². The van der Waals surface area contributed by atoms with E-state index in [0.29, 0.717) is 16.9 Å². The molecule has 2 rings (SSSR count). The van der Waals surface area contributed by atoms with Crippen LogP contribution in [0, 0.1) is 5.92 Å². The maximum absolute atomic E-state index is 14.2. The van der Waals surface area contributed by atoms with Crippen molar-refractivity contribution in [1.29, 1.82) is 0 Å². The van der Waals surface area contributed by atoms with Gasteiger partial charge in [0, 0.05) is 24.5 Å². The summed E-state index contributed by atoms with van der Waals surface area (Å²) in [4.78, 5) is 80.8. The summed E-state index contributed by atoms with van der Waals surface area (Å²) in [5.41, 5.74) is -0.824. The highest BCUT2D eigenvalue weighted by atomic mass is 32.2. The number of esters is 2. The molecule has 0 radical (unpaired) electrons. The third-order valence-corrected chi connectivity index (χ3v) is 8.89. The van der Waals surface area contributed by atoms with Gasteiger partial charge in [0.15, 0.2) is 9.84 Å². The Hall–Kier alpha value is -5.45. The number of carbonyl (C=O) groups is 6. The largest absolute Gasteiger partial charge is 0.488 e. The third kappa shape index (κ3) is 22.4. The molecule has 0 fully saturated rings. The Morgan fingerprint density at radius 2 is 1.23 bits per heavy atom. The van der Waals surface area contributed by atoms with Crippen LogP contribution < -0.4 is 26.0 Å². The number of carbonyl (C=O) groups excluding carboxylic acids is 6. The predicted molar refractivity (Wildman–Crippen MR) is 234 cm³/mol. The highest BCUT2D eigenvalue weighted by Crippen LogP contribution is 2.20. The average Bonchev–Trinajstić information content (AvgIpc) is 3.11. The highest BCUT2D eigenvalue weighted by Gasteiger charge is 2.33. The summed E-state index contributed by atoms with van der Waals surface area (Å²) in [6.07, 6.45) is 0.153. The summed E-state index contributed by atoms with van der Waals surface area (Å²) in [5.74, 6) is -3.75. The molecule has 2 aromatic carbocycles. The van der Waals surface area contributed by atoms with E-state index >= 15 is 0 Å². The normalized spacial score (nSPS) is 14.1. The Morgan fingerprint density at radius 1 is 0.661 bits per heavy atom. The van der Waals surface area contributed by atoms with Crippen LogP contribution in [0.25, 0.3) is 0 Å². The zero-order chi connectivity index (χ0) is 47.1. The number of rotatable bonds is 20. The van der Waals surface area contributed by atoms with Crippen molar-refractivity contribution in [2.45, 2.75) is 149 Å². The standard InChI is InChI=1S/C45H66N4O12S/c1-29(2)38(41(54)46-32(24-25-62(12,56)57)27-37(51)61-45(9,10)11)49-39(52)34(22-23-36(50)60-44(6,7)8)47-40(53)35(48-42(55)58-28-31-16-14-13-15-17-31)26-30-18-20-33(21-19-30)59-43(3,4)5/h13-21,24-25,29,32,34-35,38H,22-23,26-28H2,1-12H3,(H,46,54)(H,47,53)(H,48,55)(H,49,52)/b25-24+/t32-,34+,35+,38+/m1/s1. The summed E-state index contributed by atoms with van der Waals surface area (Å²) in [5, 5.41) is 11.4. The zero-order valence-corrected chi connectivity index (χ0v) is 38.9. The van der Waals surface area contributed by atoms with E-state index in [1.165, 1.54) is 0 Å². The molecule has 4 amide bonds. The molecule has 0 aromatic heterocycles. The fourth-order valence-corrected chi connectivity index (χ4v) is 6.10. The molecule has 0 aliphatic carbocycles. The Bertz CT molecular complexity index is 1960. The van der Waals surface area contributed by atoms with E-state index in [1.54, 1.807) is 104 Å². The van der Waals surface area contributed by atoms with Crippen LogP contribution in [-0.4, -0.2) is 91.4 Å². The van der Waals surface area contributed by atoms with Crippen molar-refractivity contribution in [3.05, 3.63) is 77.2 Å². The quantitative estimate of drug-likeness (QED) is 0.0993. The number of amides is 4. The first-order chi connectivity index (χ1) is 28.5. The molecule has 4 N–H and O–H groups in total. The first kappa shape index (κ1) is 52.7. The van der Waals surface area contributed by atoms with Gasteiger partial charge in [-0.05, 0) is 97.9 Å². The van der Waals surface area contributed by atoms with Crippen LogP contribution in [0.5, 0.6) is 5.75 Å². The van der Waals surface area contributed by atoms with Crippen LogP contribution in [0.15, 0.2) is 66.1 Å². The minimum absolute atomic E-state index is 0.0421. The van der Waals surface area contributed by atoms with Gasteiger partial charge in [0.05, 0.1) is 12.5 Å². The van der Waals surface area contributed by atoms with Gasteiger partial charge in [-0.25, -0.2) is 13.2 Å². The summed E-state index contributed by atoms with van der Waals surface area (Å²) in [7, 11) is -3.66. The Kier molecular flexibility index (Phi) is 19.7. The minimum Gasteiger partial charge on any atom is -0.488 e. The molecule has 4 atom stereocenters. The molecule has 0 spiro atoms. The first-order valence-electron chi connectivity index (χ1n) is 20.5. The lowest BCUT2D eigenvalue weighted by Gasteiger charge is -2.28. The molecule has 62 heavy (non-hydrogen) atoms. The fourth-order valence-electron chi connectivity index (χ4n) is 5.62. The fraction of sp³-hybridized carbons (Fsp3) is 0.556. The van der Waals surface area contributed by atoms with Crippen molar-refractivity contribution in [1.82, 2.24) is 21.3 Å². The third-order valence-electron chi connectivity index (χ3n) is 8.24. The maximum atomic E-state index is 14.2. The monoisotopic (exact) mass is 886 g/mol. The van der Waals surface area contributed by atoms with Crippen LogP contribution in [0.3, 0.4) is 0 Å². The highest BCUT2D eigenvalue weighted by molar-refractivity contribution is 7.93. The van der Waals surface area contributed by atoms with Crippen molar-refractivity contribution in [2.75, 3.05) is 6.26 Å². The van der Waals surface area contributed by atoms with Gasteiger partial charge in [-0.15, -0.1) is 0 Å². The van der Waals surface area contributed by atoms with Crippen molar-refractivity contribution in [3.63, 3.8) is 0 Å². The first-order valence-corrected chi connectivity index (χ1v) is 22.4. The van der Waals surface area contributed by atoms with Gasteiger partial charge >= 0.3 is 18.0 Å². The van der Waals surface area contributed by atoms with Gasteiger partial charge in [0.25, 0.3) is 0 Å². The zero-order valence-electron chi connectivity index (χ0n) is 38.1. The van der Waals surface area contributed by atoms with E-state index in [-0.39, 0.29) is 25.9 Å². The van der Waals surface area contributed by atoms with E-state index in [4.69, 9.17) is 18.9 Å². The molecule has 16 nitrogen and oxygen atoms in total. The topological polar surface area (TPSA) is 222 Å². The van der Waals surface area contributed by atoms with Gasteiger partial charge in [0.2, 0.25) is 17.7 Å². The smallest absolute Gasteiger partial charge is 0.408 e. The summed E-state index contributed by atoms with van der Waals surface area (Å²) < 4.78 is 46.1. The Balaban J connectivity index is 2.45. The molecule has 344 valence electrons. The van der Waals surface area contributed by atoms with E-state index in [9.17, 15) is 37.2 Å². The lowest BCUT2D eigenvalue weighted by molar-refractivity contribution is -0.156. The molecule has 0 aliphatic heterocycles. The lowest BCUT2D eigenvalue weighted by Crippen LogP contribution is -2.58. The molecular formula is C45H66N4O12S. The van der Waals surface area contributed by atoms with Gasteiger partial charge in [0.1, 0.15) is 47.3 Å². The molecule has 0 heterocycles. The second-order valence-electron chi connectivity index (χ2n) is 18.3. The average molecular weight is 887 g/mol. The van der Waals surface area contributed by atoms with Gasteiger partial charge in [-0.1, -0.05) is 62.4 Å². The van der Waals surface area contributed by atoms with Gasteiger partial charge in [-0.2, -0.15) is 0 Å². The van der Waals surface area contributed by atoms with Crippen molar-refractivity contribution in [2.24, 2.45) is 5.92 Å². The van der Waals surface area contributed by atoms with Crippen LogP contribution in [0.4, 0.5) is 4.79 Å². The number of hydrogen-bond donors (Lipinski definition) is 4. The summed E-state index contributed by atoms with van der Waals surface area (Å²) in [6.45, 7) is 18.9. The van der Waals surface area contributed by atoms with Crippen LogP contribution in [-0.2, 0) is 61.0 Å². The lowest BCUT2D eigenvalue weighted by atomic mass is 10.0. The van der Waals surface area contributed by atoms with Crippen LogP contribution in [0.2, 0.25) is 0 Å². The molecule has 0 bridgehead atoms. The molecule has 0 aliphatic rings. The molecular weight excluding hydrogens is 821 g/mol. The van der Waals surface area contributed by atoms with Crippen LogP contribution >= 0.6 is 0 Å². The van der Waals surface area contributed by atoms with Gasteiger partial charge < -0.3 is 40.2 Å². The molecule has 0 unspecified atom stereocenters. The Morgan fingerprint density at radius 3 is 1.76 bits per heavy atom.